The first-order valence-electron chi connectivity index (χ1n) is 3.70. The molecule has 0 fully saturated rings. The van der Waals surface area contributed by atoms with E-state index in [1.807, 2.05) is 0 Å². The number of nitrogens with one attached hydrogen (secondary N) is 1. The molecule has 0 unspecified atom stereocenters. The molecule has 0 saturated carbocycles. The number of hydrogen-bond acceptors (Lipinski definition) is 2. The Balaban J connectivity index is 2.66. The summed E-state index contributed by atoms with van der Waals surface area (Å²) in [6, 6.07) is 5.16. The van der Waals surface area contributed by atoms with Crippen molar-refractivity contribution in [3.05, 3.63) is 35.6 Å². The van der Waals surface area contributed by atoms with Crippen molar-refractivity contribution < 1.29 is 14.0 Å². The van der Waals surface area contributed by atoms with Crippen LogP contribution in [0.25, 0.3) is 0 Å². The normalized spacial score (nSPS) is 9.31. The molecule has 0 spiro atoms. The van der Waals surface area contributed by atoms with Crippen LogP contribution in [0.5, 0.6) is 0 Å². The summed E-state index contributed by atoms with van der Waals surface area (Å²) in [5.74, 6) is -0.632. The van der Waals surface area contributed by atoms with Crippen LogP contribution >= 0.6 is 0 Å². The Kier molecular flexibility index (Phi) is 3.14. The zero-order valence-electron chi connectivity index (χ0n) is 6.79. The minimum Gasteiger partial charge on any atom is -0.351 e. The van der Waals surface area contributed by atoms with E-state index < -0.39 is 0 Å². The van der Waals surface area contributed by atoms with E-state index in [1.165, 1.54) is 24.3 Å². The Hall–Kier alpha value is -1.71. The summed E-state index contributed by atoms with van der Waals surface area (Å²) in [7, 11) is 0. The summed E-state index contributed by atoms with van der Waals surface area (Å²) < 4.78 is 12.4. The summed E-state index contributed by atoms with van der Waals surface area (Å²) in [5, 5.41) is 2.24. The molecule has 68 valence electrons. The van der Waals surface area contributed by atoms with Gasteiger partial charge in [-0.15, -0.1) is 0 Å². The molecule has 1 amide bonds. The van der Waals surface area contributed by atoms with Crippen molar-refractivity contribution in [3.63, 3.8) is 0 Å². The van der Waals surface area contributed by atoms with Crippen LogP contribution in [0.1, 0.15) is 10.4 Å². The second-order valence-corrected chi connectivity index (χ2v) is 2.43. The quantitative estimate of drug-likeness (QED) is 0.550. The van der Waals surface area contributed by atoms with Crippen LogP contribution in [0.4, 0.5) is 4.39 Å². The van der Waals surface area contributed by atoms with Crippen molar-refractivity contribution in [2.45, 2.75) is 0 Å². The first-order chi connectivity index (χ1) is 6.24. The van der Waals surface area contributed by atoms with Gasteiger partial charge in [-0.2, -0.15) is 0 Å². The van der Waals surface area contributed by atoms with Crippen molar-refractivity contribution in [2.75, 3.05) is 6.54 Å². The molecule has 0 aliphatic heterocycles. The number of Topliss-reactive ketones (excluding diaryl/α,β-unsaturated/α-hetero) is 1. The number of rotatable bonds is 4. The summed E-state index contributed by atoms with van der Waals surface area (Å²) in [6.07, 6.45) is 0.446. The maximum absolute atomic E-state index is 12.4. The van der Waals surface area contributed by atoms with Gasteiger partial charge in [-0.25, -0.2) is 4.39 Å². The predicted molar refractivity (Wildman–Crippen MR) is 44.8 cm³/mol. The van der Waals surface area contributed by atoms with Gasteiger partial charge >= 0.3 is 0 Å². The maximum atomic E-state index is 12.4. The Bertz CT molecular complexity index is 308. The van der Waals surface area contributed by atoms with E-state index in [-0.39, 0.29) is 18.1 Å². The van der Waals surface area contributed by atoms with Gasteiger partial charge in [-0.3, -0.25) is 9.59 Å². The highest BCUT2D eigenvalue weighted by atomic mass is 19.1. The zero-order valence-corrected chi connectivity index (χ0v) is 6.79. The monoisotopic (exact) mass is 181 g/mol. The van der Waals surface area contributed by atoms with E-state index in [1.54, 1.807) is 0 Å². The molecule has 0 heterocycles. The molecule has 13 heavy (non-hydrogen) atoms. The average molecular weight is 181 g/mol. The second kappa shape index (κ2) is 4.35. The van der Waals surface area contributed by atoms with Gasteiger partial charge in [-0.05, 0) is 24.3 Å². The number of ketones is 1. The van der Waals surface area contributed by atoms with Crippen molar-refractivity contribution in [1.82, 2.24) is 5.32 Å². The van der Waals surface area contributed by atoms with Gasteiger partial charge in [0.2, 0.25) is 6.41 Å². The predicted octanol–water partition coefficient (Wildman–Crippen LogP) is 0.754. The van der Waals surface area contributed by atoms with Crippen LogP contribution in [0, 0.1) is 5.82 Å². The fourth-order valence-electron chi connectivity index (χ4n) is 0.872. The van der Waals surface area contributed by atoms with Gasteiger partial charge in [0.15, 0.2) is 5.78 Å². The lowest BCUT2D eigenvalue weighted by Crippen LogP contribution is -2.21. The first kappa shape index (κ1) is 9.38. The van der Waals surface area contributed by atoms with Gasteiger partial charge in [0.1, 0.15) is 5.82 Å². The van der Waals surface area contributed by atoms with Crippen LogP contribution < -0.4 is 5.32 Å². The Morgan fingerprint density at radius 3 is 2.54 bits per heavy atom. The SMILES string of the molecule is O=CNCC(=O)c1ccc(F)cc1. The van der Waals surface area contributed by atoms with Crippen LogP contribution in [-0.2, 0) is 4.79 Å². The van der Waals surface area contributed by atoms with Crippen LogP contribution in [0.2, 0.25) is 0 Å². The molecule has 0 saturated heterocycles. The van der Waals surface area contributed by atoms with Gasteiger partial charge in [0, 0.05) is 5.56 Å². The molecule has 1 rings (SSSR count). The molecule has 0 bridgehead atoms. The number of halogens is 1. The van der Waals surface area contributed by atoms with E-state index in [0.717, 1.165) is 0 Å². The van der Waals surface area contributed by atoms with E-state index in [0.29, 0.717) is 12.0 Å². The molecule has 0 aliphatic rings. The lowest BCUT2D eigenvalue weighted by atomic mass is 10.1. The highest BCUT2D eigenvalue weighted by Gasteiger charge is 2.03. The largest absolute Gasteiger partial charge is 0.351 e. The molecule has 1 N–H and O–H groups in total. The fraction of sp³-hybridized carbons (Fsp3) is 0.111. The van der Waals surface area contributed by atoms with Gasteiger partial charge in [0.05, 0.1) is 6.54 Å². The topological polar surface area (TPSA) is 46.2 Å². The molecule has 3 nitrogen and oxygen atoms in total. The highest BCUT2D eigenvalue weighted by Crippen LogP contribution is 2.02. The first-order valence-corrected chi connectivity index (χ1v) is 3.70. The molecule has 1 aromatic rings. The van der Waals surface area contributed by atoms with Crippen LogP contribution in [-0.4, -0.2) is 18.7 Å². The van der Waals surface area contributed by atoms with E-state index in [4.69, 9.17) is 0 Å². The van der Waals surface area contributed by atoms with E-state index in [2.05, 4.69) is 5.32 Å². The van der Waals surface area contributed by atoms with Gasteiger partial charge in [-0.1, -0.05) is 0 Å². The Morgan fingerprint density at radius 2 is 2.00 bits per heavy atom. The average Bonchev–Trinajstić information content (AvgIpc) is 2.15. The van der Waals surface area contributed by atoms with Crippen molar-refractivity contribution in [3.8, 4) is 0 Å². The molecule has 4 heteroatoms. The molecular weight excluding hydrogens is 173 g/mol. The Morgan fingerprint density at radius 1 is 1.38 bits per heavy atom. The molecular formula is C9H8FNO2. The molecule has 1 aromatic carbocycles. The number of carbonyl (C=O) groups excluding carboxylic acids is 2. The third-order valence-corrected chi connectivity index (χ3v) is 1.51. The summed E-state index contributed by atoms with van der Waals surface area (Å²) in [5.41, 5.74) is 0.385. The smallest absolute Gasteiger partial charge is 0.207 e. The Labute approximate surface area is 74.6 Å². The summed E-state index contributed by atoms with van der Waals surface area (Å²) in [6.45, 7) is -0.0604. The zero-order chi connectivity index (χ0) is 9.68. The number of benzene rings is 1. The standard InChI is InChI=1S/C9H8FNO2/c10-8-3-1-7(2-4-8)9(13)5-11-6-12/h1-4,6H,5H2,(H,11,12). The number of amides is 1. The summed E-state index contributed by atoms with van der Waals surface area (Å²) in [4.78, 5) is 21.0. The fourth-order valence-corrected chi connectivity index (χ4v) is 0.872. The molecule has 0 atom stereocenters. The molecule has 0 aliphatic carbocycles. The lowest BCUT2D eigenvalue weighted by Gasteiger charge is -1.98. The van der Waals surface area contributed by atoms with Crippen LogP contribution in [0.15, 0.2) is 24.3 Å². The maximum Gasteiger partial charge on any atom is 0.207 e. The summed E-state index contributed by atoms with van der Waals surface area (Å²) >= 11 is 0. The minimum atomic E-state index is -0.389. The van der Waals surface area contributed by atoms with E-state index >= 15 is 0 Å². The molecule has 0 aromatic heterocycles. The van der Waals surface area contributed by atoms with Crippen molar-refractivity contribution >= 4 is 12.2 Å². The van der Waals surface area contributed by atoms with Crippen molar-refractivity contribution in [1.29, 1.82) is 0 Å². The van der Waals surface area contributed by atoms with Crippen molar-refractivity contribution in [2.24, 2.45) is 0 Å². The number of carbonyl (C=O) groups is 2. The van der Waals surface area contributed by atoms with Gasteiger partial charge < -0.3 is 5.32 Å². The third-order valence-electron chi connectivity index (χ3n) is 1.51. The number of hydrogen-bond donors (Lipinski definition) is 1. The second-order valence-electron chi connectivity index (χ2n) is 2.43. The van der Waals surface area contributed by atoms with Crippen LogP contribution in [0.3, 0.4) is 0 Å². The van der Waals surface area contributed by atoms with Gasteiger partial charge in [0.25, 0.3) is 0 Å². The van der Waals surface area contributed by atoms with E-state index in [9.17, 15) is 14.0 Å². The minimum absolute atomic E-state index is 0.0604. The lowest BCUT2D eigenvalue weighted by molar-refractivity contribution is -0.109. The third kappa shape index (κ3) is 2.66. The molecule has 0 radical (unpaired) electrons. The highest BCUT2D eigenvalue weighted by molar-refractivity contribution is 5.98.